The van der Waals surface area contributed by atoms with E-state index in [9.17, 15) is 13.2 Å². The minimum atomic E-state index is -4.30. The molecule has 0 saturated carbocycles. The summed E-state index contributed by atoms with van der Waals surface area (Å²) in [5, 5.41) is 0.542. The quantitative estimate of drug-likeness (QED) is 0.375. The van der Waals surface area contributed by atoms with Crippen LogP contribution in [0.1, 0.15) is 43.2 Å². The molecule has 1 aliphatic heterocycles. The van der Waals surface area contributed by atoms with E-state index in [4.69, 9.17) is 4.74 Å². The predicted molar refractivity (Wildman–Crippen MR) is 145 cm³/mol. The van der Waals surface area contributed by atoms with Gasteiger partial charge in [0.25, 0.3) is 15.9 Å². The third-order valence-electron chi connectivity index (χ3n) is 6.60. The van der Waals surface area contributed by atoms with E-state index in [0.29, 0.717) is 23.0 Å². The predicted octanol–water partition coefficient (Wildman–Crippen LogP) is 4.87. The first kappa shape index (κ1) is 25.6. The topological polar surface area (TPSA) is 114 Å². The highest BCUT2D eigenvalue weighted by Crippen LogP contribution is 2.37. The Kier molecular flexibility index (Phi) is 6.52. The molecule has 4 aromatic rings. The van der Waals surface area contributed by atoms with Crippen molar-refractivity contribution in [3.8, 4) is 11.6 Å². The van der Waals surface area contributed by atoms with Gasteiger partial charge < -0.3 is 9.64 Å². The van der Waals surface area contributed by atoms with E-state index in [2.05, 4.69) is 45.3 Å². The summed E-state index contributed by atoms with van der Waals surface area (Å²) in [6.07, 6.45) is 2.54. The maximum absolute atomic E-state index is 13.2. The number of hydrogen-bond donors (Lipinski definition) is 1. The number of rotatable bonds is 6. The third kappa shape index (κ3) is 5.04. The number of nitrogens with zero attached hydrogens (tertiary/aromatic N) is 4. The second kappa shape index (κ2) is 9.68. The molecule has 9 nitrogen and oxygen atoms in total. The molecule has 4 heterocycles. The summed E-state index contributed by atoms with van der Waals surface area (Å²) < 4.78 is 34.5. The fourth-order valence-corrected chi connectivity index (χ4v) is 5.92. The lowest BCUT2D eigenvalue weighted by atomic mass is 9.97. The van der Waals surface area contributed by atoms with E-state index in [1.54, 1.807) is 30.5 Å². The van der Waals surface area contributed by atoms with E-state index in [1.165, 1.54) is 12.1 Å². The molecule has 3 aromatic heterocycles. The Balaban J connectivity index is 1.41. The Labute approximate surface area is 222 Å². The van der Waals surface area contributed by atoms with Crippen LogP contribution >= 0.6 is 0 Å². The summed E-state index contributed by atoms with van der Waals surface area (Å²) in [4.78, 5) is 28.4. The maximum atomic E-state index is 13.2. The lowest BCUT2D eigenvalue weighted by Gasteiger charge is -2.33. The van der Waals surface area contributed by atoms with Crippen molar-refractivity contribution in [1.82, 2.24) is 19.7 Å². The molecule has 0 spiro atoms. The number of carbonyl (C=O) groups excluding carboxylic acids is 1. The number of pyridine rings is 3. The van der Waals surface area contributed by atoms with Gasteiger partial charge in [-0.3, -0.25) is 4.79 Å². The molecule has 5 rings (SSSR count). The van der Waals surface area contributed by atoms with E-state index < -0.39 is 15.9 Å². The number of sulfonamides is 1. The highest BCUT2D eigenvalue weighted by atomic mass is 32.2. The number of fused-ring (bicyclic) bond motifs is 1. The summed E-state index contributed by atoms with van der Waals surface area (Å²) in [7, 11) is -4.30. The van der Waals surface area contributed by atoms with Crippen LogP contribution in [-0.2, 0) is 10.0 Å². The summed E-state index contributed by atoms with van der Waals surface area (Å²) in [6, 6.07) is 16.9. The molecule has 1 amide bonds. The minimum absolute atomic E-state index is 0.0611. The van der Waals surface area contributed by atoms with E-state index in [0.717, 1.165) is 24.0 Å². The van der Waals surface area contributed by atoms with Crippen LogP contribution in [0.3, 0.4) is 0 Å². The highest BCUT2D eigenvalue weighted by molar-refractivity contribution is 7.90. The number of para-hydroxylation sites is 1. The molecule has 1 aromatic carbocycles. The van der Waals surface area contributed by atoms with Crippen LogP contribution in [0.2, 0.25) is 0 Å². The van der Waals surface area contributed by atoms with Crippen LogP contribution in [0, 0.1) is 12.8 Å². The first-order valence-electron chi connectivity index (χ1n) is 12.3. The van der Waals surface area contributed by atoms with Crippen molar-refractivity contribution in [2.45, 2.75) is 44.7 Å². The zero-order chi connectivity index (χ0) is 27.1. The van der Waals surface area contributed by atoms with E-state index in [-0.39, 0.29) is 22.0 Å². The fraction of sp³-hybridized carbons (Fsp3) is 0.286. The number of aryl methyl sites for hydroxylation is 1. The Morgan fingerprint density at radius 3 is 2.61 bits per heavy atom. The largest absolute Gasteiger partial charge is 0.437 e. The lowest BCUT2D eigenvalue weighted by molar-refractivity contribution is 0.0981. The van der Waals surface area contributed by atoms with Crippen molar-refractivity contribution in [2.75, 3.05) is 11.4 Å². The second-order valence-corrected chi connectivity index (χ2v) is 11.9. The maximum Gasteiger partial charge on any atom is 0.281 e. The Bertz CT molecular complexity index is 1640. The average Bonchev–Trinajstić information content (AvgIpc) is 3.15. The number of nitrogens with one attached hydrogen (secondary N) is 1. The molecule has 0 bridgehead atoms. The monoisotopic (exact) mass is 531 g/mol. The van der Waals surface area contributed by atoms with Crippen molar-refractivity contribution in [2.24, 2.45) is 5.92 Å². The van der Waals surface area contributed by atoms with Crippen LogP contribution in [0.15, 0.2) is 71.9 Å². The second-order valence-electron chi connectivity index (χ2n) is 10.2. The molecule has 1 aliphatic rings. The molecular weight excluding hydrogens is 502 g/mol. The van der Waals surface area contributed by atoms with Crippen LogP contribution in [0.4, 0.5) is 5.82 Å². The van der Waals surface area contributed by atoms with E-state index in [1.807, 2.05) is 31.2 Å². The molecule has 0 aliphatic carbocycles. The molecular formula is C28H29N5O4S. The number of anilines is 1. The summed E-state index contributed by atoms with van der Waals surface area (Å²) in [5.41, 5.74) is 1.42. The number of ether oxygens (including phenoxy) is 1. The van der Waals surface area contributed by atoms with Gasteiger partial charge in [-0.2, -0.15) is 13.4 Å². The van der Waals surface area contributed by atoms with Crippen molar-refractivity contribution in [3.05, 3.63) is 78.1 Å². The molecule has 38 heavy (non-hydrogen) atoms. The third-order valence-corrected chi connectivity index (χ3v) is 7.83. The molecule has 1 N–H and O–H groups in total. The zero-order valence-electron chi connectivity index (χ0n) is 21.7. The van der Waals surface area contributed by atoms with Gasteiger partial charge in [-0.05, 0) is 63.4 Å². The average molecular weight is 532 g/mol. The van der Waals surface area contributed by atoms with Gasteiger partial charge in [0.2, 0.25) is 5.88 Å². The number of carbonyl (C=O) groups is 1. The normalized spacial score (nSPS) is 16.9. The van der Waals surface area contributed by atoms with Gasteiger partial charge in [-0.1, -0.05) is 31.2 Å². The van der Waals surface area contributed by atoms with Gasteiger partial charge in [-0.15, -0.1) is 0 Å². The first-order chi connectivity index (χ1) is 18.0. The molecule has 10 heteroatoms. The highest BCUT2D eigenvalue weighted by Gasteiger charge is 2.39. The minimum Gasteiger partial charge on any atom is -0.437 e. The van der Waals surface area contributed by atoms with Crippen molar-refractivity contribution >= 4 is 32.7 Å². The van der Waals surface area contributed by atoms with Crippen molar-refractivity contribution in [3.63, 3.8) is 0 Å². The summed E-state index contributed by atoms with van der Waals surface area (Å²) in [5.74, 6) is 0.605. The van der Waals surface area contributed by atoms with Gasteiger partial charge in [0, 0.05) is 35.4 Å². The van der Waals surface area contributed by atoms with Crippen LogP contribution < -0.4 is 14.4 Å². The van der Waals surface area contributed by atoms with E-state index >= 15 is 0 Å². The lowest BCUT2D eigenvalue weighted by Crippen LogP contribution is -2.41. The van der Waals surface area contributed by atoms with Crippen molar-refractivity contribution in [1.29, 1.82) is 0 Å². The SMILES string of the molecule is Cc1ccc2cccc(Oc3cccc(S(=O)(=O)NC(=O)c4cccnc4N4CC(C)CC4(C)C)n3)c2n1. The Morgan fingerprint density at radius 1 is 1.05 bits per heavy atom. The number of benzene rings is 1. The van der Waals surface area contributed by atoms with Crippen LogP contribution in [0.5, 0.6) is 11.6 Å². The molecule has 196 valence electrons. The summed E-state index contributed by atoms with van der Waals surface area (Å²) >= 11 is 0. The fourth-order valence-electron chi connectivity index (χ4n) is 4.99. The van der Waals surface area contributed by atoms with Gasteiger partial charge in [0.1, 0.15) is 11.3 Å². The number of aromatic nitrogens is 3. The Morgan fingerprint density at radius 2 is 1.84 bits per heavy atom. The molecule has 1 saturated heterocycles. The summed E-state index contributed by atoms with van der Waals surface area (Å²) in [6.45, 7) is 8.92. The molecule has 1 fully saturated rings. The number of amides is 1. The smallest absolute Gasteiger partial charge is 0.281 e. The molecule has 1 atom stereocenters. The van der Waals surface area contributed by atoms with Crippen LogP contribution in [0.25, 0.3) is 10.9 Å². The Hall–Kier alpha value is -4.05. The zero-order valence-corrected chi connectivity index (χ0v) is 22.5. The van der Waals surface area contributed by atoms with Gasteiger partial charge in [-0.25, -0.2) is 14.7 Å². The number of hydrogen-bond acceptors (Lipinski definition) is 8. The van der Waals surface area contributed by atoms with Gasteiger partial charge in [0.15, 0.2) is 10.8 Å². The first-order valence-corrected chi connectivity index (χ1v) is 13.8. The van der Waals surface area contributed by atoms with Gasteiger partial charge >= 0.3 is 0 Å². The van der Waals surface area contributed by atoms with Crippen LogP contribution in [-0.4, -0.2) is 41.4 Å². The standard InChI is InChI=1S/C28H29N5O4S/c1-18-16-28(3,4)33(17-18)26-21(9-7-15-29-26)27(34)32-38(35,36)24-12-6-11-23(31-24)37-22-10-5-8-20-14-13-19(2)30-25(20)22/h5-15,18H,16-17H2,1-4H3,(H,32,34). The van der Waals surface area contributed by atoms with Gasteiger partial charge in [0.05, 0.1) is 5.56 Å². The molecule has 1 unspecified atom stereocenters. The van der Waals surface area contributed by atoms with Crippen molar-refractivity contribution < 1.29 is 17.9 Å². The molecule has 0 radical (unpaired) electrons.